The molecule has 0 amide bonds. The van der Waals surface area contributed by atoms with Gasteiger partial charge in [0.15, 0.2) is 18.1 Å². The van der Waals surface area contributed by atoms with Crippen LogP contribution in [0.1, 0.15) is 46.5 Å². The fourth-order valence-corrected chi connectivity index (χ4v) is 7.46. The molecule has 3 fully saturated rings. The van der Waals surface area contributed by atoms with Crippen LogP contribution in [0.4, 0.5) is 4.39 Å². The molecule has 0 heterocycles. The summed E-state index contributed by atoms with van der Waals surface area (Å²) in [5.41, 5.74) is -0.214. The standard InChI is InChI=1S/C24H32FNO6/c1-13-8-17-16-5-4-14-9-15(27)6-7-21(14,2)23(16,25)18(28)10-22(17,3)24(13,31)19(29)12-32-20(30)11-26/h6-7,9,13,16-18,28,31H,4-5,8,10-12,26H2,1-3H3. The number of alkyl halides is 1. The third-order valence-corrected chi connectivity index (χ3v) is 9.18. The van der Waals surface area contributed by atoms with Crippen LogP contribution in [0.5, 0.6) is 0 Å². The molecule has 8 unspecified atom stereocenters. The Kier molecular flexibility index (Phi) is 5.31. The Hall–Kier alpha value is -1.90. The molecule has 0 radical (unpaired) electrons. The summed E-state index contributed by atoms with van der Waals surface area (Å²) < 4.78 is 21.9. The smallest absolute Gasteiger partial charge is 0.320 e. The number of rotatable bonds is 4. The van der Waals surface area contributed by atoms with Crippen LogP contribution in [-0.2, 0) is 19.1 Å². The van der Waals surface area contributed by atoms with Gasteiger partial charge in [-0.2, -0.15) is 0 Å². The van der Waals surface area contributed by atoms with Crippen molar-refractivity contribution in [2.45, 2.75) is 63.8 Å². The van der Waals surface area contributed by atoms with E-state index in [1.54, 1.807) is 26.8 Å². The largest absolute Gasteiger partial charge is 0.457 e. The monoisotopic (exact) mass is 449 g/mol. The molecule has 4 N–H and O–H groups in total. The molecule has 0 saturated heterocycles. The molecule has 0 spiro atoms. The number of esters is 1. The minimum atomic E-state index is -2.03. The van der Waals surface area contributed by atoms with Crippen LogP contribution < -0.4 is 5.73 Å². The summed E-state index contributed by atoms with van der Waals surface area (Å²) >= 11 is 0. The molecular formula is C24H32FNO6. The number of ether oxygens (including phenoxy) is 1. The Morgan fingerprint density at radius 1 is 1.31 bits per heavy atom. The molecule has 8 atom stereocenters. The van der Waals surface area contributed by atoms with Crippen LogP contribution in [-0.4, -0.2) is 58.3 Å². The van der Waals surface area contributed by atoms with E-state index in [2.05, 4.69) is 0 Å². The summed E-state index contributed by atoms with van der Waals surface area (Å²) in [5.74, 6) is -3.07. The average Bonchev–Trinajstić information content (AvgIpc) is 2.94. The van der Waals surface area contributed by atoms with Crippen LogP contribution >= 0.6 is 0 Å². The van der Waals surface area contributed by atoms with Gasteiger partial charge >= 0.3 is 5.97 Å². The van der Waals surface area contributed by atoms with E-state index in [4.69, 9.17) is 10.5 Å². The summed E-state index contributed by atoms with van der Waals surface area (Å²) in [6.45, 7) is 4.21. The fourth-order valence-electron chi connectivity index (χ4n) is 7.46. The highest BCUT2D eigenvalue weighted by molar-refractivity contribution is 6.01. The van der Waals surface area contributed by atoms with Crippen molar-refractivity contribution in [3.8, 4) is 0 Å². The van der Waals surface area contributed by atoms with Crippen molar-refractivity contribution in [2.75, 3.05) is 13.2 Å². The van der Waals surface area contributed by atoms with Gasteiger partial charge in [-0.3, -0.25) is 14.4 Å². The van der Waals surface area contributed by atoms with Gasteiger partial charge in [0.25, 0.3) is 0 Å². The number of hydrogen-bond donors (Lipinski definition) is 3. The minimum Gasteiger partial charge on any atom is -0.457 e. The Morgan fingerprint density at radius 3 is 2.66 bits per heavy atom. The van der Waals surface area contributed by atoms with Crippen LogP contribution in [0.3, 0.4) is 0 Å². The van der Waals surface area contributed by atoms with Gasteiger partial charge in [-0.25, -0.2) is 4.39 Å². The Bertz CT molecular complexity index is 931. The summed E-state index contributed by atoms with van der Waals surface area (Å²) in [6.07, 6.45) is 4.17. The number of hydrogen-bond acceptors (Lipinski definition) is 7. The summed E-state index contributed by atoms with van der Waals surface area (Å²) in [6, 6.07) is 0. The molecule has 3 saturated carbocycles. The van der Waals surface area contributed by atoms with Gasteiger partial charge in [0, 0.05) is 16.7 Å². The molecule has 0 aromatic carbocycles. The van der Waals surface area contributed by atoms with E-state index in [1.807, 2.05) is 0 Å². The molecule has 4 rings (SSSR count). The van der Waals surface area contributed by atoms with Gasteiger partial charge in [0.1, 0.15) is 5.60 Å². The molecule has 0 aliphatic heterocycles. The van der Waals surface area contributed by atoms with Gasteiger partial charge in [-0.05, 0) is 56.6 Å². The van der Waals surface area contributed by atoms with Crippen molar-refractivity contribution in [3.05, 3.63) is 23.8 Å². The van der Waals surface area contributed by atoms with E-state index in [9.17, 15) is 24.6 Å². The van der Waals surface area contributed by atoms with Crippen LogP contribution in [0, 0.1) is 28.6 Å². The first-order chi connectivity index (χ1) is 14.9. The van der Waals surface area contributed by atoms with E-state index in [0.29, 0.717) is 24.8 Å². The quantitative estimate of drug-likeness (QED) is 0.554. The first kappa shape index (κ1) is 23.3. The molecule has 7 nitrogen and oxygen atoms in total. The molecule has 176 valence electrons. The summed E-state index contributed by atoms with van der Waals surface area (Å²) in [4.78, 5) is 36.5. The maximum Gasteiger partial charge on any atom is 0.320 e. The van der Waals surface area contributed by atoms with Gasteiger partial charge in [-0.15, -0.1) is 0 Å². The Labute approximate surface area is 186 Å². The SMILES string of the molecule is CC1CC2C3CCC4=CC(=O)C=CC4(C)C3(F)C(O)CC2(C)C1(O)C(=O)COC(=O)CN. The number of allylic oxidation sites excluding steroid dienone is 4. The zero-order chi connectivity index (χ0) is 23.7. The van der Waals surface area contributed by atoms with Gasteiger partial charge in [0.2, 0.25) is 5.78 Å². The molecule has 4 aliphatic rings. The van der Waals surface area contributed by atoms with Crippen LogP contribution in [0.25, 0.3) is 0 Å². The van der Waals surface area contributed by atoms with Crippen molar-refractivity contribution in [2.24, 2.45) is 34.3 Å². The molecule has 0 aromatic heterocycles. The van der Waals surface area contributed by atoms with Crippen molar-refractivity contribution in [3.63, 3.8) is 0 Å². The molecule has 0 bridgehead atoms. The predicted molar refractivity (Wildman–Crippen MR) is 113 cm³/mol. The maximum atomic E-state index is 17.0. The van der Waals surface area contributed by atoms with Gasteiger partial charge < -0.3 is 20.7 Å². The number of fused-ring (bicyclic) bond motifs is 5. The number of aliphatic hydroxyl groups excluding tert-OH is 1. The lowest BCUT2D eigenvalue weighted by atomic mass is 9.44. The zero-order valence-electron chi connectivity index (χ0n) is 18.8. The summed E-state index contributed by atoms with van der Waals surface area (Å²) in [5, 5.41) is 23.0. The van der Waals surface area contributed by atoms with Crippen molar-refractivity contribution < 1.29 is 33.7 Å². The third-order valence-electron chi connectivity index (χ3n) is 9.18. The molecule has 8 heteroatoms. The maximum absolute atomic E-state index is 17.0. The predicted octanol–water partition coefficient (Wildman–Crippen LogP) is 1.41. The second-order valence-corrected chi connectivity index (χ2v) is 10.5. The minimum absolute atomic E-state index is 0.118. The average molecular weight is 450 g/mol. The second kappa shape index (κ2) is 7.30. The van der Waals surface area contributed by atoms with E-state index in [1.165, 1.54) is 12.2 Å². The lowest BCUT2D eigenvalue weighted by molar-refractivity contribution is -0.219. The first-order valence-electron chi connectivity index (χ1n) is 11.3. The van der Waals surface area contributed by atoms with Gasteiger partial charge in [0.05, 0.1) is 12.6 Å². The third kappa shape index (κ3) is 2.72. The number of halogens is 1. The lowest BCUT2D eigenvalue weighted by Crippen LogP contribution is -2.69. The lowest BCUT2D eigenvalue weighted by Gasteiger charge is -2.62. The van der Waals surface area contributed by atoms with Crippen LogP contribution in [0.15, 0.2) is 23.8 Å². The normalized spacial score (nSPS) is 47.2. The number of carbonyl (C=O) groups excluding carboxylic acids is 3. The number of nitrogens with two attached hydrogens (primary N) is 1. The Balaban J connectivity index is 1.73. The number of ketones is 2. The molecule has 0 aromatic rings. The highest BCUT2D eigenvalue weighted by atomic mass is 19.1. The number of carbonyl (C=O) groups is 3. The van der Waals surface area contributed by atoms with Crippen molar-refractivity contribution in [1.82, 2.24) is 0 Å². The van der Waals surface area contributed by atoms with E-state index in [0.717, 1.165) is 0 Å². The van der Waals surface area contributed by atoms with Crippen molar-refractivity contribution in [1.29, 1.82) is 0 Å². The topological polar surface area (TPSA) is 127 Å². The second-order valence-electron chi connectivity index (χ2n) is 10.5. The molecule has 32 heavy (non-hydrogen) atoms. The van der Waals surface area contributed by atoms with Crippen LogP contribution in [0.2, 0.25) is 0 Å². The highest BCUT2D eigenvalue weighted by Crippen LogP contribution is 2.70. The van der Waals surface area contributed by atoms with E-state index in [-0.39, 0.29) is 24.7 Å². The van der Waals surface area contributed by atoms with Gasteiger partial charge in [-0.1, -0.05) is 25.5 Å². The summed E-state index contributed by atoms with van der Waals surface area (Å²) in [7, 11) is 0. The zero-order valence-corrected chi connectivity index (χ0v) is 18.8. The first-order valence-corrected chi connectivity index (χ1v) is 11.3. The van der Waals surface area contributed by atoms with E-state index < -0.39 is 58.4 Å². The Morgan fingerprint density at radius 2 is 2.00 bits per heavy atom. The fraction of sp³-hybridized carbons (Fsp3) is 0.708. The highest BCUT2D eigenvalue weighted by Gasteiger charge is 2.75. The molecule has 4 aliphatic carbocycles. The van der Waals surface area contributed by atoms with Crippen molar-refractivity contribution >= 4 is 17.5 Å². The number of Topliss-reactive ketones (excluding diaryl/α,β-unsaturated/α-hetero) is 1. The van der Waals surface area contributed by atoms with E-state index >= 15 is 4.39 Å². The number of aliphatic hydroxyl groups is 2. The molecular weight excluding hydrogens is 417 g/mol.